The molecule has 2 unspecified atom stereocenters. The smallest absolute Gasteiger partial charge is 0.293 e. The molecule has 0 aromatic heterocycles. The van der Waals surface area contributed by atoms with Gasteiger partial charge in [0.2, 0.25) is 0 Å². The van der Waals surface area contributed by atoms with Crippen LogP contribution in [0.25, 0.3) is 0 Å². The lowest BCUT2D eigenvalue weighted by molar-refractivity contribution is -0.399. The van der Waals surface area contributed by atoms with Crippen molar-refractivity contribution in [3.63, 3.8) is 0 Å². The van der Waals surface area contributed by atoms with Gasteiger partial charge in [-0.15, -0.1) is 0 Å². The monoisotopic (exact) mass is 918 g/mol. The fourth-order valence-electron chi connectivity index (χ4n) is 5.02. The summed E-state index contributed by atoms with van der Waals surface area (Å²) in [5, 5.41) is -4.89. The molecule has 2 aromatic rings. The Labute approximate surface area is 314 Å². The minimum absolute atomic E-state index is 0.152. The predicted octanol–water partition coefficient (Wildman–Crippen LogP) is 9.46. The van der Waals surface area contributed by atoms with Crippen LogP contribution in [0.3, 0.4) is 0 Å². The normalized spacial score (nSPS) is 15.6. The third-order valence-electron chi connectivity index (χ3n) is 8.34. The van der Waals surface area contributed by atoms with E-state index in [9.17, 15) is 115 Å². The molecule has 58 heavy (non-hydrogen) atoms. The summed E-state index contributed by atoms with van der Waals surface area (Å²) in [6, 6.07) is -0.157. The summed E-state index contributed by atoms with van der Waals surface area (Å²) in [5.74, 6) is -44.3. The van der Waals surface area contributed by atoms with E-state index in [0.29, 0.717) is 0 Å². The van der Waals surface area contributed by atoms with Crippen molar-refractivity contribution < 1.29 is 115 Å². The molecular weight excluding hydrogens is 894 g/mol. The molecule has 0 aliphatic rings. The molecule has 0 heterocycles. The number of benzene rings is 2. The van der Waals surface area contributed by atoms with Crippen molar-refractivity contribution in [2.24, 2.45) is 0 Å². The zero-order chi connectivity index (χ0) is 45.5. The minimum atomic E-state index is -7.25. The van der Waals surface area contributed by atoms with Crippen LogP contribution >= 0.6 is 0 Å². The number of unbranched alkanes of at least 4 members (excludes halogenated alkanes) is 3. The van der Waals surface area contributed by atoms with Gasteiger partial charge in [0, 0.05) is 22.3 Å². The van der Waals surface area contributed by atoms with E-state index in [2.05, 4.69) is 0 Å². The van der Waals surface area contributed by atoms with E-state index in [1.807, 2.05) is 0 Å². The molecular formula is C30H24F18O8S2. The Morgan fingerprint density at radius 3 is 0.879 bits per heavy atom. The molecule has 0 saturated carbocycles. The Kier molecular flexibility index (Phi) is 14.3. The molecule has 0 saturated heterocycles. The summed E-state index contributed by atoms with van der Waals surface area (Å²) >= 11 is 0. The van der Waals surface area contributed by atoms with Gasteiger partial charge in [0.1, 0.15) is 10.5 Å². The molecule has 2 rings (SSSR count). The molecule has 0 fully saturated rings. The van der Waals surface area contributed by atoms with Crippen molar-refractivity contribution in [2.75, 3.05) is 0 Å². The van der Waals surface area contributed by atoms with E-state index in [1.165, 1.54) is 0 Å². The molecule has 0 aliphatic heterocycles. The maximum atomic E-state index is 14.2. The standard InChI is InChI=1S/C30H24F18O8S2/c31-23(32,25(35,36)27(39,40)29(43,44)45)17-11-7-15(8-12-17)21(49)19(57(51,52)53)5-3-1-2-4-6-20(58(54,55)56)22(50)16-9-13-18(14-10-16)24(33,34)26(37,38)28(41,42)30(46,47)48/h7-14,19-20H,1-6H2,(H,51,52,53)(H,54,55,56). The molecule has 0 radical (unpaired) electrons. The SMILES string of the molecule is O=C(c1ccc(C(F)(F)C(F)(F)C(F)(F)C(F)(F)F)cc1)C(CCCCCCC(C(=O)c1ccc(C(F)(F)C(F)(F)C(F)(F)C(F)(F)F)cc1)S(=O)(=O)O)S(=O)(=O)O. The average Bonchev–Trinajstić information content (AvgIpc) is 3.06. The minimum Gasteiger partial charge on any atom is -0.293 e. The lowest BCUT2D eigenvalue weighted by Gasteiger charge is -2.33. The highest BCUT2D eigenvalue weighted by Crippen LogP contribution is 2.58. The van der Waals surface area contributed by atoms with Crippen molar-refractivity contribution in [3.8, 4) is 0 Å². The molecule has 2 N–H and O–H groups in total. The number of hydrogen-bond acceptors (Lipinski definition) is 6. The summed E-state index contributed by atoms with van der Waals surface area (Å²) in [5.41, 5.74) is -6.24. The third kappa shape index (κ3) is 9.69. The van der Waals surface area contributed by atoms with E-state index in [-0.39, 0.29) is 61.4 Å². The van der Waals surface area contributed by atoms with Crippen LogP contribution in [0.15, 0.2) is 48.5 Å². The van der Waals surface area contributed by atoms with Gasteiger partial charge in [0.15, 0.2) is 11.6 Å². The Balaban J connectivity index is 2.14. The van der Waals surface area contributed by atoms with E-state index in [4.69, 9.17) is 0 Å². The highest BCUT2D eigenvalue weighted by Gasteiger charge is 2.83. The van der Waals surface area contributed by atoms with Crippen LogP contribution in [0.2, 0.25) is 0 Å². The molecule has 0 bridgehead atoms. The number of carbonyl (C=O) groups is 2. The zero-order valence-corrected chi connectivity index (χ0v) is 29.6. The maximum Gasteiger partial charge on any atom is 0.460 e. The second-order valence-electron chi connectivity index (χ2n) is 12.3. The van der Waals surface area contributed by atoms with Crippen molar-refractivity contribution in [3.05, 3.63) is 70.8 Å². The quantitative estimate of drug-likeness (QED) is 0.0615. The fraction of sp³-hybridized carbons (Fsp3) is 0.533. The number of ketones is 2. The first kappa shape index (κ1) is 50.5. The number of carbonyl (C=O) groups excluding carboxylic acids is 2. The van der Waals surface area contributed by atoms with Crippen LogP contribution in [0.4, 0.5) is 79.0 Å². The molecule has 28 heteroatoms. The van der Waals surface area contributed by atoms with E-state index < -0.39 is 138 Å². The first-order valence-corrected chi connectivity index (χ1v) is 18.4. The van der Waals surface area contributed by atoms with Crippen molar-refractivity contribution in [1.82, 2.24) is 0 Å². The number of alkyl halides is 18. The summed E-state index contributed by atoms with van der Waals surface area (Å²) in [4.78, 5) is 25.5. The van der Waals surface area contributed by atoms with Gasteiger partial charge in [-0.1, -0.05) is 74.2 Å². The zero-order valence-electron chi connectivity index (χ0n) is 28.0. The summed E-state index contributed by atoms with van der Waals surface area (Å²) in [6.45, 7) is 0. The van der Waals surface area contributed by atoms with Gasteiger partial charge in [-0.2, -0.15) is 95.9 Å². The van der Waals surface area contributed by atoms with Crippen LogP contribution in [0.1, 0.15) is 70.4 Å². The Morgan fingerprint density at radius 1 is 0.431 bits per heavy atom. The highest BCUT2D eigenvalue weighted by molar-refractivity contribution is 7.87. The molecule has 0 spiro atoms. The van der Waals surface area contributed by atoms with Crippen LogP contribution in [0, 0.1) is 0 Å². The lowest BCUT2D eigenvalue weighted by atomic mass is 9.94. The second kappa shape index (κ2) is 16.4. The second-order valence-corrected chi connectivity index (χ2v) is 15.5. The van der Waals surface area contributed by atoms with Gasteiger partial charge in [-0.25, -0.2) is 0 Å². The van der Waals surface area contributed by atoms with Gasteiger partial charge in [0.25, 0.3) is 20.2 Å². The first-order chi connectivity index (χ1) is 25.7. The van der Waals surface area contributed by atoms with Gasteiger partial charge in [0.05, 0.1) is 0 Å². The molecule has 2 atom stereocenters. The van der Waals surface area contributed by atoms with Crippen LogP contribution in [-0.4, -0.2) is 84.1 Å². The predicted molar refractivity (Wildman–Crippen MR) is 160 cm³/mol. The van der Waals surface area contributed by atoms with Crippen LogP contribution < -0.4 is 0 Å². The van der Waals surface area contributed by atoms with Gasteiger partial charge < -0.3 is 0 Å². The van der Waals surface area contributed by atoms with Crippen molar-refractivity contribution in [1.29, 1.82) is 0 Å². The van der Waals surface area contributed by atoms with E-state index in [1.54, 1.807) is 0 Å². The Bertz CT molecular complexity index is 1870. The van der Waals surface area contributed by atoms with Gasteiger partial charge in [-0.05, 0) is 12.8 Å². The number of halogens is 18. The van der Waals surface area contributed by atoms with E-state index in [0.717, 1.165) is 0 Å². The maximum absolute atomic E-state index is 14.2. The molecule has 0 amide bonds. The van der Waals surface area contributed by atoms with Crippen molar-refractivity contribution >= 4 is 31.8 Å². The summed E-state index contributed by atoms with van der Waals surface area (Å²) in [7, 11) is -10.8. The van der Waals surface area contributed by atoms with E-state index >= 15 is 0 Å². The largest absolute Gasteiger partial charge is 0.460 e. The fourth-order valence-corrected chi connectivity index (χ4v) is 6.76. The first-order valence-electron chi connectivity index (χ1n) is 15.3. The topological polar surface area (TPSA) is 143 Å². The molecule has 2 aromatic carbocycles. The Hall–Kier alpha value is -3.66. The van der Waals surface area contributed by atoms with Gasteiger partial charge >= 0.3 is 47.9 Å². The number of Topliss-reactive ketones (excluding diaryl/α,β-unsaturated/α-hetero) is 2. The van der Waals surface area contributed by atoms with Crippen LogP contribution in [0.5, 0.6) is 0 Å². The molecule has 0 aliphatic carbocycles. The highest BCUT2D eigenvalue weighted by atomic mass is 32.2. The molecule has 330 valence electrons. The summed E-state index contributed by atoms with van der Waals surface area (Å²) < 4.78 is 306. The average molecular weight is 919 g/mol. The Morgan fingerprint density at radius 2 is 0.672 bits per heavy atom. The summed E-state index contributed by atoms with van der Waals surface area (Å²) in [6.07, 6.45) is -17.2. The molecule has 8 nitrogen and oxygen atoms in total. The number of hydrogen-bond donors (Lipinski definition) is 2. The number of rotatable bonds is 19. The van der Waals surface area contributed by atoms with Gasteiger partial charge in [-0.3, -0.25) is 18.7 Å². The van der Waals surface area contributed by atoms with Crippen molar-refractivity contribution in [2.45, 2.75) is 96.9 Å². The van der Waals surface area contributed by atoms with Crippen LogP contribution in [-0.2, 0) is 32.1 Å². The third-order valence-corrected chi connectivity index (χ3v) is 10.7. The lowest BCUT2D eigenvalue weighted by Crippen LogP contribution is -2.59.